The Morgan fingerprint density at radius 3 is 2.94 bits per heavy atom. The average molecular weight is 284 g/mol. The van der Waals surface area contributed by atoms with Crippen molar-refractivity contribution in [2.75, 3.05) is 13.1 Å². The highest BCUT2D eigenvalue weighted by molar-refractivity contribution is 9.10. The zero-order valence-corrected chi connectivity index (χ0v) is 10.5. The van der Waals surface area contributed by atoms with Crippen molar-refractivity contribution in [1.29, 1.82) is 0 Å². The van der Waals surface area contributed by atoms with Crippen LogP contribution in [0, 0.1) is 0 Å². The molecule has 2 N–H and O–H groups in total. The molecule has 1 atom stereocenters. The molecule has 4 heteroatoms. The summed E-state index contributed by atoms with van der Waals surface area (Å²) in [4.78, 5) is 11.2. The lowest BCUT2D eigenvalue weighted by molar-refractivity contribution is 0.0695. The molecule has 0 aliphatic carbocycles. The number of hydrogen-bond acceptors (Lipinski definition) is 2. The normalized spacial score (nSPS) is 20.7. The summed E-state index contributed by atoms with van der Waals surface area (Å²) < 4.78 is 0.817. The Kier molecular flexibility index (Phi) is 3.61. The van der Waals surface area contributed by atoms with Crippen molar-refractivity contribution < 1.29 is 9.90 Å². The molecule has 1 aliphatic rings. The summed E-state index contributed by atoms with van der Waals surface area (Å²) in [5, 5.41) is 12.5. The van der Waals surface area contributed by atoms with E-state index in [0.29, 0.717) is 11.5 Å². The fourth-order valence-electron chi connectivity index (χ4n) is 2.19. The fourth-order valence-corrected chi connectivity index (χ4v) is 2.55. The van der Waals surface area contributed by atoms with Gasteiger partial charge >= 0.3 is 5.97 Å². The number of carbonyl (C=O) groups is 1. The molecule has 0 radical (unpaired) electrons. The third kappa shape index (κ3) is 2.44. The molecule has 3 nitrogen and oxygen atoms in total. The van der Waals surface area contributed by atoms with Crippen LogP contribution in [0.5, 0.6) is 0 Å². The zero-order chi connectivity index (χ0) is 11.5. The number of aromatic carboxylic acids is 1. The Balaban J connectivity index is 2.34. The Hall–Kier alpha value is -0.870. The van der Waals surface area contributed by atoms with Gasteiger partial charge in [-0.3, -0.25) is 0 Å². The smallest absolute Gasteiger partial charge is 0.336 e. The molecule has 0 amide bonds. The van der Waals surface area contributed by atoms with Crippen LogP contribution in [-0.4, -0.2) is 24.2 Å². The monoisotopic (exact) mass is 283 g/mol. The van der Waals surface area contributed by atoms with Crippen molar-refractivity contribution in [2.45, 2.75) is 18.8 Å². The third-order valence-electron chi connectivity index (χ3n) is 2.98. The van der Waals surface area contributed by atoms with Gasteiger partial charge in [0.05, 0.1) is 5.56 Å². The molecule has 16 heavy (non-hydrogen) atoms. The first-order valence-corrected chi connectivity index (χ1v) is 6.21. The maximum absolute atomic E-state index is 11.2. The van der Waals surface area contributed by atoms with E-state index in [1.54, 1.807) is 6.07 Å². The van der Waals surface area contributed by atoms with Crippen LogP contribution in [-0.2, 0) is 0 Å². The highest BCUT2D eigenvalue weighted by Gasteiger charge is 2.20. The van der Waals surface area contributed by atoms with Gasteiger partial charge in [0, 0.05) is 11.0 Å². The van der Waals surface area contributed by atoms with Gasteiger partial charge in [-0.2, -0.15) is 0 Å². The first kappa shape index (κ1) is 11.6. The lowest BCUT2D eigenvalue weighted by Crippen LogP contribution is -2.29. The number of carboxylic acids is 1. The molecule has 1 unspecified atom stereocenters. The van der Waals surface area contributed by atoms with Crippen LogP contribution in [0.1, 0.15) is 34.7 Å². The van der Waals surface area contributed by atoms with Crippen LogP contribution >= 0.6 is 15.9 Å². The van der Waals surface area contributed by atoms with E-state index < -0.39 is 5.97 Å². The molecule has 1 saturated heterocycles. The second-order valence-electron chi connectivity index (χ2n) is 4.08. The number of piperidine rings is 1. The van der Waals surface area contributed by atoms with Crippen molar-refractivity contribution in [2.24, 2.45) is 0 Å². The van der Waals surface area contributed by atoms with Crippen molar-refractivity contribution in [3.63, 3.8) is 0 Å². The van der Waals surface area contributed by atoms with E-state index in [0.717, 1.165) is 36.0 Å². The van der Waals surface area contributed by atoms with Gasteiger partial charge in [0.1, 0.15) is 0 Å². The minimum absolute atomic E-state index is 0.327. The van der Waals surface area contributed by atoms with E-state index >= 15 is 0 Å². The standard InChI is InChI=1S/C12H14BrNO2/c13-9-3-4-10(11(6-9)12(15)16)8-2-1-5-14-7-8/h3-4,6,8,14H,1-2,5,7H2,(H,15,16). The molecule has 0 spiro atoms. The quantitative estimate of drug-likeness (QED) is 0.877. The highest BCUT2D eigenvalue weighted by Crippen LogP contribution is 2.28. The van der Waals surface area contributed by atoms with Crippen molar-refractivity contribution in [3.05, 3.63) is 33.8 Å². The molecule has 1 aromatic carbocycles. The van der Waals surface area contributed by atoms with Gasteiger partial charge in [0.15, 0.2) is 0 Å². The summed E-state index contributed by atoms with van der Waals surface area (Å²) >= 11 is 3.31. The summed E-state index contributed by atoms with van der Waals surface area (Å²) in [5.41, 5.74) is 1.37. The predicted molar refractivity (Wildman–Crippen MR) is 65.9 cm³/mol. The van der Waals surface area contributed by atoms with Gasteiger partial charge in [-0.25, -0.2) is 4.79 Å². The van der Waals surface area contributed by atoms with Crippen molar-refractivity contribution in [1.82, 2.24) is 5.32 Å². The van der Waals surface area contributed by atoms with Crippen LogP contribution in [0.25, 0.3) is 0 Å². The largest absolute Gasteiger partial charge is 0.478 e. The van der Waals surface area contributed by atoms with Crippen LogP contribution in [0.15, 0.2) is 22.7 Å². The van der Waals surface area contributed by atoms with E-state index in [4.69, 9.17) is 0 Å². The lowest BCUT2D eigenvalue weighted by atomic mass is 9.88. The van der Waals surface area contributed by atoms with Crippen molar-refractivity contribution >= 4 is 21.9 Å². The van der Waals surface area contributed by atoms with E-state index in [2.05, 4.69) is 21.2 Å². The molecule has 0 aromatic heterocycles. The van der Waals surface area contributed by atoms with Gasteiger partial charge in [-0.05, 0) is 43.0 Å². The summed E-state index contributed by atoms with van der Waals surface area (Å²) in [6, 6.07) is 5.52. The van der Waals surface area contributed by atoms with Gasteiger partial charge in [-0.1, -0.05) is 22.0 Å². The molecule has 0 bridgehead atoms. The lowest BCUT2D eigenvalue weighted by Gasteiger charge is -2.24. The number of carboxylic acid groups (broad SMARTS) is 1. The van der Waals surface area contributed by atoms with Crippen LogP contribution in [0.2, 0.25) is 0 Å². The number of rotatable bonds is 2. The van der Waals surface area contributed by atoms with Gasteiger partial charge in [0.25, 0.3) is 0 Å². The number of benzene rings is 1. The minimum atomic E-state index is -0.845. The van der Waals surface area contributed by atoms with Gasteiger partial charge in [-0.15, -0.1) is 0 Å². The first-order valence-electron chi connectivity index (χ1n) is 5.42. The van der Waals surface area contributed by atoms with Gasteiger partial charge < -0.3 is 10.4 Å². The molecule has 1 aliphatic heterocycles. The van der Waals surface area contributed by atoms with E-state index in [-0.39, 0.29) is 0 Å². The molecule has 86 valence electrons. The maximum atomic E-state index is 11.2. The highest BCUT2D eigenvalue weighted by atomic mass is 79.9. The molecule has 2 rings (SSSR count). The van der Waals surface area contributed by atoms with E-state index in [9.17, 15) is 9.90 Å². The molecular formula is C12H14BrNO2. The van der Waals surface area contributed by atoms with E-state index in [1.807, 2.05) is 12.1 Å². The van der Waals surface area contributed by atoms with E-state index in [1.165, 1.54) is 0 Å². The average Bonchev–Trinajstić information content (AvgIpc) is 2.30. The predicted octanol–water partition coefficient (Wildman–Crippen LogP) is 2.61. The molecule has 1 heterocycles. The SMILES string of the molecule is O=C(O)c1cc(Br)ccc1C1CCCNC1. The van der Waals surface area contributed by atoms with Crippen LogP contribution in [0.4, 0.5) is 0 Å². The first-order chi connectivity index (χ1) is 7.68. The second kappa shape index (κ2) is 4.97. The minimum Gasteiger partial charge on any atom is -0.478 e. The fraction of sp³-hybridized carbons (Fsp3) is 0.417. The van der Waals surface area contributed by atoms with Crippen LogP contribution in [0.3, 0.4) is 0 Å². The maximum Gasteiger partial charge on any atom is 0.336 e. The molecule has 1 fully saturated rings. The molecule has 0 saturated carbocycles. The van der Waals surface area contributed by atoms with Crippen LogP contribution < -0.4 is 5.32 Å². The second-order valence-corrected chi connectivity index (χ2v) is 5.00. The summed E-state index contributed by atoms with van der Waals surface area (Å²) in [7, 11) is 0. The number of halogens is 1. The van der Waals surface area contributed by atoms with Gasteiger partial charge in [0.2, 0.25) is 0 Å². The number of nitrogens with one attached hydrogen (secondary N) is 1. The number of hydrogen-bond donors (Lipinski definition) is 2. The Morgan fingerprint density at radius 1 is 1.50 bits per heavy atom. The zero-order valence-electron chi connectivity index (χ0n) is 8.87. The Labute approximate surface area is 103 Å². The Morgan fingerprint density at radius 2 is 2.31 bits per heavy atom. The summed E-state index contributed by atoms with van der Waals surface area (Å²) in [5.74, 6) is -0.519. The third-order valence-corrected chi connectivity index (χ3v) is 3.48. The molecule has 1 aromatic rings. The summed E-state index contributed by atoms with van der Waals surface area (Å²) in [6.07, 6.45) is 2.18. The molecular weight excluding hydrogens is 270 g/mol. The topological polar surface area (TPSA) is 49.3 Å². The summed E-state index contributed by atoms with van der Waals surface area (Å²) in [6.45, 7) is 1.91. The Bertz CT molecular complexity index is 400. The van der Waals surface area contributed by atoms with Crippen molar-refractivity contribution in [3.8, 4) is 0 Å².